The molecule has 1 aliphatic rings. The largest absolute Gasteiger partial charge is 0.379 e. The average Bonchev–Trinajstić information content (AvgIpc) is 2.40. The van der Waals surface area contributed by atoms with Gasteiger partial charge in [0, 0.05) is 32.2 Å². The molecule has 0 saturated carbocycles. The molecule has 1 atom stereocenters. The number of benzene rings is 1. The van der Waals surface area contributed by atoms with Crippen LogP contribution in [0.25, 0.3) is 0 Å². The fourth-order valence-corrected chi connectivity index (χ4v) is 2.38. The van der Waals surface area contributed by atoms with E-state index in [1.54, 1.807) is 12.1 Å². The zero-order valence-corrected chi connectivity index (χ0v) is 11.6. The van der Waals surface area contributed by atoms with Crippen molar-refractivity contribution in [3.05, 3.63) is 35.6 Å². The Hall–Kier alpha value is -0.970. The van der Waals surface area contributed by atoms with Crippen molar-refractivity contribution in [3.8, 4) is 0 Å². The molecule has 0 radical (unpaired) electrons. The summed E-state index contributed by atoms with van der Waals surface area (Å²) >= 11 is 0. The maximum absolute atomic E-state index is 13.1. The van der Waals surface area contributed by atoms with Gasteiger partial charge in [-0.25, -0.2) is 4.39 Å². The monoisotopic (exact) mass is 266 g/mol. The van der Waals surface area contributed by atoms with E-state index in [4.69, 9.17) is 4.74 Å². The fourth-order valence-electron chi connectivity index (χ4n) is 2.38. The maximum atomic E-state index is 13.1. The van der Waals surface area contributed by atoms with Gasteiger partial charge >= 0.3 is 0 Å². The van der Waals surface area contributed by atoms with Gasteiger partial charge in [0.1, 0.15) is 5.82 Å². The van der Waals surface area contributed by atoms with Crippen molar-refractivity contribution in [3.63, 3.8) is 0 Å². The Kier molecular flexibility index (Phi) is 5.76. The van der Waals surface area contributed by atoms with Gasteiger partial charge in [-0.2, -0.15) is 0 Å². The summed E-state index contributed by atoms with van der Waals surface area (Å²) in [5.41, 5.74) is 1.05. The molecule has 4 heteroatoms. The molecule has 1 aromatic carbocycles. The predicted molar refractivity (Wildman–Crippen MR) is 74.8 cm³/mol. The zero-order chi connectivity index (χ0) is 13.5. The van der Waals surface area contributed by atoms with Crippen LogP contribution in [0, 0.1) is 5.82 Å². The molecule has 1 unspecified atom stereocenters. The quantitative estimate of drug-likeness (QED) is 0.848. The molecule has 0 spiro atoms. The first-order chi connectivity index (χ1) is 9.24. The third-order valence-electron chi connectivity index (χ3n) is 3.46. The summed E-state index contributed by atoms with van der Waals surface area (Å²) in [5.74, 6) is -0.155. The van der Waals surface area contributed by atoms with E-state index in [-0.39, 0.29) is 5.82 Å². The smallest absolute Gasteiger partial charge is 0.123 e. The standard InChI is InChI=1S/C15H23FN2O/c1-13(11-14-3-2-4-15(16)12-14)17-5-6-18-7-9-19-10-8-18/h2-4,12-13,17H,5-11H2,1H3. The van der Waals surface area contributed by atoms with Crippen LogP contribution in [-0.4, -0.2) is 50.3 Å². The lowest BCUT2D eigenvalue weighted by Crippen LogP contribution is -2.42. The van der Waals surface area contributed by atoms with Crippen molar-refractivity contribution >= 4 is 0 Å². The number of nitrogens with zero attached hydrogens (tertiary/aromatic N) is 1. The predicted octanol–water partition coefficient (Wildman–Crippen LogP) is 1.68. The Morgan fingerprint density at radius 1 is 1.37 bits per heavy atom. The van der Waals surface area contributed by atoms with Crippen molar-refractivity contribution < 1.29 is 9.13 Å². The lowest BCUT2D eigenvalue weighted by Gasteiger charge is -2.27. The van der Waals surface area contributed by atoms with Crippen LogP contribution in [0.15, 0.2) is 24.3 Å². The van der Waals surface area contributed by atoms with E-state index in [2.05, 4.69) is 17.1 Å². The summed E-state index contributed by atoms with van der Waals surface area (Å²) < 4.78 is 18.4. The number of morpholine rings is 1. The lowest BCUT2D eigenvalue weighted by molar-refractivity contribution is 0.0382. The summed E-state index contributed by atoms with van der Waals surface area (Å²) in [6, 6.07) is 7.21. The SMILES string of the molecule is CC(Cc1cccc(F)c1)NCCN1CCOCC1. The van der Waals surface area contributed by atoms with Crippen molar-refractivity contribution in [2.24, 2.45) is 0 Å². The van der Waals surface area contributed by atoms with Crippen molar-refractivity contribution in [2.45, 2.75) is 19.4 Å². The number of hydrogen-bond acceptors (Lipinski definition) is 3. The summed E-state index contributed by atoms with van der Waals surface area (Å²) in [4.78, 5) is 2.41. The average molecular weight is 266 g/mol. The summed E-state index contributed by atoms with van der Waals surface area (Å²) in [5, 5.41) is 3.49. The molecule has 0 amide bonds. The van der Waals surface area contributed by atoms with Gasteiger partial charge in [0.2, 0.25) is 0 Å². The molecule has 0 bridgehead atoms. The highest BCUT2D eigenvalue weighted by atomic mass is 19.1. The van der Waals surface area contributed by atoms with Crippen LogP contribution in [0.3, 0.4) is 0 Å². The van der Waals surface area contributed by atoms with Crippen LogP contribution in [0.1, 0.15) is 12.5 Å². The van der Waals surface area contributed by atoms with Crippen molar-refractivity contribution in [1.82, 2.24) is 10.2 Å². The number of ether oxygens (including phenoxy) is 1. The van der Waals surface area contributed by atoms with E-state index in [0.717, 1.165) is 51.4 Å². The molecular weight excluding hydrogens is 243 g/mol. The fraction of sp³-hybridized carbons (Fsp3) is 0.600. The van der Waals surface area contributed by atoms with E-state index in [0.29, 0.717) is 6.04 Å². The summed E-state index contributed by atoms with van der Waals surface area (Å²) in [6.07, 6.45) is 0.862. The first-order valence-corrected chi connectivity index (χ1v) is 7.02. The van der Waals surface area contributed by atoms with Gasteiger partial charge in [-0.1, -0.05) is 12.1 Å². The second kappa shape index (κ2) is 7.58. The summed E-state index contributed by atoms with van der Waals surface area (Å²) in [7, 11) is 0. The molecule has 1 aromatic rings. The Morgan fingerprint density at radius 3 is 2.89 bits per heavy atom. The topological polar surface area (TPSA) is 24.5 Å². The third kappa shape index (κ3) is 5.27. The molecule has 1 heterocycles. The van der Waals surface area contributed by atoms with E-state index >= 15 is 0 Å². The highest BCUT2D eigenvalue weighted by molar-refractivity contribution is 5.17. The summed E-state index contributed by atoms with van der Waals surface area (Å²) in [6.45, 7) is 7.91. The molecule has 1 aliphatic heterocycles. The second-order valence-electron chi connectivity index (χ2n) is 5.14. The van der Waals surface area contributed by atoms with Crippen LogP contribution < -0.4 is 5.32 Å². The molecule has 1 fully saturated rings. The van der Waals surface area contributed by atoms with E-state index < -0.39 is 0 Å². The van der Waals surface area contributed by atoms with Crippen LogP contribution in [-0.2, 0) is 11.2 Å². The van der Waals surface area contributed by atoms with Crippen LogP contribution >= 0.6 is 0 Å². The minimum atomic E-state index is -0.155. The molecule has 0 aromatic heterocycles. The Labute approximate surface area is 114 Å². The van der Waals surface area contributed by atoms with Gasteiger partial charge in [-0.15, -0.1) is 0 Å². The molecule has 3 nitrogen and oxygen atoms in total. The Bertz CT molecular complexity index is 380. The normalized spacial score (nSPS) is 18.4. The Morgan fingerprint density at radius 2 is 2.16 bits per heavy atom. The van der Waals surface area contributed by atoms with E-state index in [1.165, 1.54) is 6.07 Å². The van der Waals surface area contributed by atoms with Gasteiger partial charge in [0.05, 0.1) is 13.2 Å². The van der Waals surface area contributed by atoms with Crippen molar-refractivity contribution in [2.75, 3.05) is 39.4 Å². The van der Waals surface area contributed by atoms with E-state index in [1.807, 2.05) is 6.07 Å². The second-order valence-corrected chi connectivity index (χ2v) is 5.14. The number of nitrogens with one attached hydrogen (secondary N) is 1. The van der Waals surface area contributed by atoms with Gasteiger partial charge in [0.15, 0.2) is 0 Å². The zero-order valence-electron chi connectivity index (χ0n) is 11.6. The number of halogens is 1. The first kappa shape index (κ1) is 14.4. The van der Waals surface area contributed by atoms with Gasteiger partial charge in [0.25, 0.3) is 0 Å². The van der Waals surface area contributed by atoms with Crippen LogP contribution in [0.2, 0.25) is 0 Å². The molecule has 2 rings (SSSR count). The minimum Gasteiger partial charge on any atom is -0.379 e. The Balaban J connectivity index is 1.65. The molecule has 1 N–H and O–H groups in total. The highest BCUT2D eigenvalue weighted by Gasteiger charge is 2.10. The first-order valence-electron chi connectivity index (χ1n) is 7.02. The number of rotatable bonds is 6. The maximum Gasteiger partial charge on any atom is 0.123 e. The van der Waals surface area contributed by atoms with Gasteiger partial charge in [-0.3, -0.25) is 4.90 Å². The minimum absolute atomic E-state index is 0.155. The molecular formula is C15H23FN2O. The number of hydrogen-bond donors (Lipinski definition) is 1. The van der Waals surface area contributed by atoms with Crippen LogP contribution in [0.5, 0.6) is 0 Å². The van der Waals surface area contributed by atoms with Gasteiger partial charge < -0.3 is 10.1 Å². The van der Waals surface area contributed by atoms with Crippen molar-refractivity contribution in [1.29, 1.82) is 0 Å². The van der Waals surface area contributed by atoms with Crippen LogP contribution in [0.4, 0.5) is 4.39 Å². The molecule has 0 aliphatic carbocycles. The molecule has 1 saturated heterocycles. The third-order valence-corrected chi connectivity index (χ3v) is 3.46. The highest BCUT2D eigenvalue weighted by Crippen LogP contribution is 2.06. The van der Waals surface area contributed by atoms with E-state index in [9.17, 15) is 4.39 Å². The van der Waals surface area contributed by atoms with Gasteiger partial charge in [-0.05, 0) is 31.0 Å². The molecule has 19 heavy (non-hydrogen) atoms. The lowest BCUT2D eigenvalue weighted by atomic mass is 10.1. The molecule has 106 valence electrons.